The molecule has 0 atom stereocenters. The van der Waals surface area contributed by atoms with Crippen molar-refractivity contribution in [3.05, 3.63) is 72.4 Å². The molecule has 0 saturated heterocycles. The van der Waals surface area contributed by atoms with Gasteiger partial charge in [0.2, 0.25) is 11.8 Å². The standard InChI is InChI=1S/C21H19N3O3/c1-14(25)23-18-7-9-19(10-8-18)24-21(26)16-5-3-4-15(12-16)17-6-11-20(27-2)22-13-17/h3-13H,1-2H3,(H,23,25)(H,24,26). The van der Waals surface area contributed by atoms with Crippen molar-refractivity contribution in [1.29, 1.82) is 0 Å². The first-order valence-electron chi connectivity index (χ1n) is 8.34. The third-order valence-electron chi connectivity index (χ3n) is 3.87. The van der Waals surface area contributed by atoms with Crippen LogP contribution in [-0.2, 0) is 4.79 Å². The van der Waals surface area contributed by atoms with Crippen molar-refractivity contribution >= 4 is 23.2 Å². The normalized spacial score (nSPS) is 10.1. The van der Waals surface area contributed by atoms with Crippen LogP contribution in [0.3, 0.4) is 0 Å². The summed E-state index contributed by atoms with van der Waals surface area (Å²) in [5, 5.41) is 5.53. The summed E-state index contributed by atoms with van der Waals surface area (Å²) in [5.74, 6) is 0.178. The van der Waals surface area contributed by atoms with Crippen LogP contribution in [0, 0.1) is 0 Å². The summed E-state index contributed by atoms with van der Waals surface area (Å²) >= 11 is 0. The fraction of sp³-hybridized carbons (Fsp3) is 0.0952. The maximum Gasteiger partial charge on any atom is 0.255 e. The van der Waals surface area contributed by atoms with Crippen LogP contribution < -0.4 is 15.4 Å². The summed E-state index contributed by atoms with van der Waals surface area (Å²) in [4.78, 5) is 27.8. The molecule has 0 radical (unpaired) electrons. The zero-order chi connectivity index (χ0) is 19.2. The summed E-state index contributed by atoms with van der Waals surface area (Å²) in [7, 11) is 1.57. The predicted octanol–water partition coefficient (Wildman–Crippen LogP) is 3.97. The van der Waals surface area contributed by atoms with Gasteiger partial charge in [-0.05, 0) is 48.0 Å². The first-order valence-corrected chi connectivity index (χ1v) is 8.34. The number of amides is 2. The van der Waals surface area contributed by atoms with Gasteiger partial charge in [0.05, 0.1) is 7.11 Å². The second-order valence-electron chi connectivity index (χ2n) is 5.88. The highest BCUT2D eigenvalue weighted by atomic mass is 16.5. The number of benzene rings is 2. The van der Waals surface area contributed by atoms with Crippen molar-refractivity contribution in [3.8, 4) is 17.0 Å². The van der Waals surface area contributed by atoms with Crippen LogP contribution in [-0.4, -0.2) is 23.9 Å². The fourth-order valence-electron chi connectivity index (χ4n) is 2.56. The summed E-state index contributed by atoms with van der Waals surface area (Å²) in [6, 6.07) is 17.9. The van der Waals surface area contributed by atoms with Gasteiger partial charge >= 0.3 is 0 Å². The molecule has 2 N–H and O–H groups in total. The van der Waals surface area contributed by atoms with Gasteiger partial charge < -0.3 is 15.4 Å². The largest absolute Gasteiger partial charge is 0.481 e. The Labute approximate surface area is 157 Å². The number of hydrogen-bond acceptors (Lipinski definition) is 4. The molecule has 0 bridgehead atoms. The number of methoxy groups -OCH3 is 1. The van der Waals surface area contributed by atoms with Crippen LogP contribution in [0.1, 0.15) is 17.3 Å². The first-order chi connectivity index (χ1) is 13.0. The van der Waals surface area contributed by atoms with Gasteiger partial charge in [-0.15, -0.1) is 0 Å². The number of hydrogen-bond donors (Lipinski definition) is 2. The molecule has 0 aliphatic carbocycles. The molecule has 3 rings (SSSR count). The molecule has 3 aromatic rings. The van der Waals surface area contributed by atoms with E-state index < -0.39 is 0 Å². The minimum absolute atomic E-state index is 0.142. The Bertz CT molecular complexity index is 951. The molecule has 136 valence electrons. The molecule has 0 aliphatic rings. The number of aromatic nitrogens is 1. The Morgan fingerprint density at radius 1 is 0.889 bits per heavy atom. The third kappa shape index (κ3) is 4.70. The van der Waals surface area contributed by atoms with E-state index in [1.54, 1.807) is 49.7 Å². The average Bonchev–Trinajstić information content (AvgIpc) is 2.69. The van der Waals surface area contributed by atoms with Gasteiger partial charge in [-0.25, -0.2) is 4.98 Å². The summed E-state index contributed by atoms with van der Waals surface area (Å²) in [6.45, 7) is 1.45. The summed E-state index contributed by atoms with van der Waals surface area (Å²) in [6.07, 6.45) is 1.70. The Morgan fingerprint density at radius 3 is 2.19 bits per heavy atom. The van der Waals surface area contributed by atoms with Gasteiger partial charge in [-0.2, -0.15) is 0 Å². The minimum Gasteiger partial charge on any atom is -0.481 e. The van der Waals surface area contributed by atoms with E-state index in [0.29, 0.717) is 22.8 Å². The zero-order valence-corrected chi connectivity index (χ0v) is 15.0. The lowest BCUT2D eigenvalue weighted by Crippen LogP contribution is -2.12. The number of nitrogens with zero attached hydrogens (tertiary/aromatic N) is 1. The van der Waals surface area contributed by atoms with Crippen LogP contribution in [0.2, 0.25) is 0 Å². The smallest absolute Gasteiger partial charge is 0.255 e. The number of anilines is 2. The molecule has 0 fully saturated rings. The molecule has 0 unspecified atom stereocenters. The molecule has 1 aromatic heterocycles. The van der Waals surface area contributed by atoms with E-state index in [0.717, 1.165) is 11.1 Å². The molecule has 1 heterocycles. The monoisotopic (exact) mass is 361 g/mol. The highest BCUT2D eigenvalue weighted by Gasteiger charge is 2.08. The molecule has 6 nitrogen and oxygen atoms in total. The SMILES string of the molecule is COc1ccc(-c2cccc(C(=O)Nc3ccc(NC(C)=O)cc3)c2)cn1. The highest BCUT2D eigenvalue weighted by Crippen LogP contribution is 2.22. The van der Waals surface area contributed by atoms with E-state index in [1.165, 1.54) is 6.92 Å². The molecule has 27 heavy (non-hydrogen) atoms. The number of rotatable bonds is 5. The van der Waals surface area contributed by atoms with Crippen molar-refractivity contribution < 1.29 is 14.3 Å². The van der Waals surface area contributed by atoms with E-state index in [1.807, 2.05) is 24.3 Å². The van der Waals surface area contributed by atoms with Crippen LogP contribution in [0.4, 0.5) is 11.4 Å². The zero-order valence-electron chi connectivity index (χ0n) is 15.0. The maximum atomic E-state index is 12.5. The minimum atomic E-state index is -0.217. The van der Waals surface area contributed by atoms with E-state index >= 15 is 0 Å². The molecule has 6 heteroatoms. The number of pyridine rings is 1. The Balaban J connectivity index is 1.74. The lowest BCUT2D eigenvalue weighted by molar-refractivity contribution is -0.114. The van der Waals surface area contributed by atoms with E-state index in [4.69, 9.17) is 4.74 Å². The van der Waals surface area contributed by atoms with Crippen LogP contribution in [0.5, 0.6) is 5.88 Å². The second kappa shape index (κ2) is 8.14. The molecule has 0 spiro atoms. The average molecular weight is 361 g/mol. The quantitative estimate of drug-likeness (QED) is 0.721. The summed E-state index contributed by atoms with van der Waals surface area (Å²) in [5.41, 5.74) is 3.64. The predicted molar refractivity (Wildman–Crippen MR) is 105 cm³/mol. The number of carbonyl (C=O) groups is 2. The molecule has 2 amide bonds. The number of carbonyl (C=O) groups excluding carboxylic acids is 2. The van der Waals surface area contributed by atoms with Crippen molar-refractivity contribution in [3.63, 3.8) is 0 Å². The maximum absolute atomic E-state index is 12.5. The number of nitrogens with one attached hydrogen (secondary N) is 2. The number of ether oxygens (including phenoxy) is 1. The van der Waals surface area contributed by atoms with Crippen molar-refractivity contribution in [2.75, 3.05) is 17.7 Å². The molecule has 0 saturated carbocycles. The third-order valence-corrected chi connectivity index (χ3v) is 3.87. The van der Waals surface area contributed by atoms with E-state index in [-0.39, 0.29) is 11.8 Å². The van der Waals surface area contributed by atoms with Crippen LogP contribution in [0.25, 0.3) is 11.1 Å². The van der Waals surface area contributed by atoms with Crippen LogP contribution in [0.15, 0.2) is 66.9 Å². The summed E-state index contributed by atoms with van der Waals surface area (Å²) < 4.78 is 5.06. The Kier molecular flexibility index (Phi) is 5.47. The van der Waals surface area contributed by atoms with Crippen molar-refractivity contribution in [2.24, 2.45) is 0 Å². The van der Waals surface area contributed by atoms with Crippen LogP contribution >= 0.6 is 0 Å². The second-order valence-corrected chi connectivity index (χ2v) is 5.88. The molecular formula is C21H19N3O3. The van der Waals surface area contributed by atoms with Gasteiger partial charge in [0, 0.05) is 41.7 Å². The molecular weight excluding hydrogens is 342 g/mol. The Morgan fingerprint density at radius 2 is 1.59 bits per heavy atom. The lowest BCUT2D eigenvalue weighted by Gasteiger charge is -2.09. The van der Waals surface area contributed by atoms with E-state index in [2.05, 4.69) is 15.6 Å². The molecule has 0 aliphatic heterocycles. The fourth-order valence-corrected chi connectivity index (χ4v) is 2.56. The topological polar surface area (TPSA) is 80.3 Å². The molecule has 2 aromatic carbocycles. The van der Waals surface area contributed by atoms with Gasteiger partial charge in [0.1, 0.15) is 0 Å². The first kappa shape index (κ1) is 18.1. The van der Waals surface area contributed by atoms with Gasteiger partial charge in [0.25, 0.3) is 5.91 Å². The Hall–Kier alpha value is -3.67. The van der Waals surface area contributed by atoms with Gasteiger partial charge in [-0.3, -0.25) is 9.59 Å². The van der Waals surface area contributed by atoms with Crippen molar-refractivity contribution in [1.82, 2.24) is 4.98 Å². The lowest BCUT2D eigenvalue weighted by atomic mass is 10.0. The van der Waals surface area contributed by atoms with Gasteiger partial charge in [0.15, 0.2) is 0 Å². The highest BCUT2D eigenvalue weighted by molar-refractivity contribution is 6.05. The van der Waals surface area contributed by atoms with E-state index in [9.17, 15) is 9.59 Å². The van der Waals surface area contributed by atoms with Crippen molar-refractivity contribution in [2.45, 2.75) is 6.92 Å². The van der Waals surface area contributed by atoms with Gasteiger partial charge in [-0.1, -0.05) is 12.1 Å².